The Labute approximate surface area is 121 Å². The van der Waals surface area contributed by atoms with Gasteiger partial charge in [-0.25, -0.2) is 0 Å². The molecule has 1 aliphatic carbocycles. The van der Waals surface area contributed by atoms with Gasteiger partial charge in [0.15, 0.2) is 0 Å². The standard InChI is InChI=1S/C15H19F3N2O/c16-15(17,18)12-3-6-20(7-4-12)10-11-5-8-21-14(11)9-19-13-1-2-13/h3,5,8,13,19H,1-2,4,6-7,9-10H2. The highest BCUT2D eigenvalue weighted by Crippen LogP contribution is 2.30. The van der Waals surface area contributed by atoms with E-state index in [1.165, 1.54) is 18.9 Å². The average Bonchev–Trinajstić information content (AvgIpc) is 3.17. The fourth-order valence-electron chi connectivity index (χ4n) is 2.54. The second-order valence-corrected chi connectivity index (χ2v) is 5.74. The molecule has 0 aromatic carbocycles. The first-order valence-corrected chi connectivity index (χ1v) is 7.29. The molecule has 1 aliphatic heterocycles. The molecule has 2 aliphatic rings. The molecule has 0 radical (unpaired) electrons. The fraction of sp³-hybridized carbons (Fsp3) is 0.600. The molecule has 1 saturated carbocycles. The largest absolute Gasteiger partial charge is 0.468 e. The van der Waals surface area contributed by atoms with Crippen LogP contribution in [-0.2, 0) is 13.1 Å². The molecular weight excluding hydrogens is 281 g/mol. The summed E-state index contributed by atoms with van der Waals surface area (Å²) < 4.78 is 43.2. The van der Waals surface area contributed by atoms with E-state index in [1.807, 2.05) is 11.0 Å². The molecule has 2 heterocycles. The minimum absolute atomic E-state index is 0.0665. The zero-order valence-electron chi connectivity index (χ0n) is 11.7. The molecule has 6 heteroatoms. The van der Waals surface area contributed by atoms with Gasteiger partial charge in [-0.2, -0.15) is 13.2 Å². The van der Waals surface area contributed by atoms with Crippen LogP contribution in [0.3, 0.4) is 0 Å². The number of hydrogen-bond donors (Lipinski definition) is 1. The quantitative estimate of drug-likeness (QED) is 0.846. The van der Waals surface area contributed by atoms with Crippen LogP contribution in [0.4, 0.5) is 13.2 Å². The monoisotopic (exact) mass is 300 g/mol. The zero-order chi connectivity index (χ0) is 14.9. The Hall–Kier alpha value is -1.27. The maximum Gasteiger partial charge on any atom is 0.412 e. The molecule has 0 unspecified atom stereocenters. The van der Waals surface area contributed by atoms with Crippen molar-refractivity contribution in [3.8, 4) is 0 Å². The summed E-state index contributed by atoms with van der Waals surface area (Å²) in [7, 11) is 0. The van der Waals surface area contributed by atoms with Crippen molar-refractivity contribution in [2.45, 2.75) is 44.6 Å². The predicted octanol–water partition coefficient (Wildman–Crippen LogP) is 3.23. The minimum Gasteiger partial charge on any atom is -0.468 e. The van der Waals surface area contributed by atoms with Gasteiger partial charge in [-0.1, -0.05) is 6.08 Å². The minimum atomic E-state index is -4.18. The van der Waals surface area contributed by atoms with E-state index in [9.17, 15) is 13.2 Å². The molecule has 0 saturated heterocycles. The van der Waals surface area contributed by atoms with Crippen LogP contribution in [0.15, 0.2) is 28.4 Å². The van der Waals surface area contributed by atoms with Crippen molar-refractivity contribution in [1.29, 1.82) is 0 Å². The van der Waals surface area contributed by atoms with Crippen molar-refractivity contribution >= 4 is 0 Å². The number of rotatable bonds is 5. The van der Waals surface area contributed by atoms with Gasteiger partial charge in [-0.05, 0) is 25.3 Å². The Kier molecular flexibility index (Phi) is 4.08. The second kappa shape index (κ2) is 5.85. The van der Waals surface area contributed by atoms with Crippen LogP contribution in [0.2, 0.25) is 0 Å². The van der Waals surface area contributed by atoms with Gasteiger partial charge in [-0.3, -0.25) is 4.90 Å². The number of nitrogens with one attached hydrogen (secondary N) is 1. The van der Waals surface area contributed by atoms with Gasteiger partial charge in [0.2, 0.25) is 0 Å². The van der Waals surface area contributed by atoms with Gasteiger partial charge in [0, 0.05) is 36.8 Å². The summed E-state index contributed by atoms with van der Waals surface area (Å²) in [5.41, 5.74) is 0.661. The number of nitrogens with zero attached hydrogens (tertiary/aromatic N) is 1. The van der Waals surface area contributed by atoms with Crippen molar-refractivity contribution in [2.24, 2.45) is 0 Å². The first-order chi connectivity index (χ1) is 10.0. The van der Waals surface area contributed by atoms with E-state index in [-0.39, 0.29) is 6.42 Å². The number of furan rings is 1. The molecule has 21 heavy (non-hydrogen) atoms. The van der Waals surface area contributed by atoms with Crippen LogP contribution in [0, 0.1) is 0 Å². The zero-order valence-corrected chi connectivity index (χ0v) is 11.7. The van der Waals surface area contributed by atoms with E-state index in [0.717, 1.165) is 11.3 Å². The Balaban J connectivity index is 1.55. The lowest BCUT2D eigenvalue weighted by atomic mass is 10.1. The fourth-order valence-corrected chi connectivity index (χ4v) is 2.54. The van der Waals surface area contributed by atoms with Gasteiger partial charge >= 0.3 is 6.18 Å². The van der Waals surface area contributed by atoms with Crippen molar-refractivity contribution in [3.63, 3.8) is 0 Å². The average molecular weight is 300 g/mol. The van der Waals surface area contributed by atoms with E-state index < -0.39 is 11.7 Å². The van der Waals surface area contributed by atoms with Crippen LogP contribution in [0.5, 0.6) is 0 Å². The molecule has 3 rings (SSSR count). The summed E-state index contributed by atoms with van der Waals surface area (Å²) in [4.78, 5) is 2.01. The van der Waals surface area contributed by atoms with Gasteiger partial charge in [0.25, 0.3) is 0 Å². The lowest BCUT2D eigenvalue weighted by Crippen LogP contribution is -2.31. The number of halogens is 3. The Morgan fingerprint density at radius 1 is 1.33 bits per heavy atom. The second-order valence-electron chi connectivity index (χ2n) is 5.74. The van der Waals surface area contributed by atoms with Gasteiger partial charge < -0.3 is 9.73 Å². The molecule has 1 N–H and O–H groups in total. The Morgan fingerprint density at radius 2 is 2.14 bits per heavy atom. The maximum absolute atomic E-state index is 12.6. The SMILES string of the molecule is FC(F)(F)C1=CCN(Cc2ccoc2CNC2CC2)CC1. The molecule has 1 fully saturated rings. The molecular formula is C15H19F3N2O. The molecule has 0 bridgehead atoms. The number of hydrogen-bond acceptors (Lipinski definition) is 3. The predicted molar refractivity (Wildman–Crippen MR) is 72.6 cm³/mol. The molecule has 0 atom stereocenters. The number of alkyl halides is 3. The van der Waals surface area contributed by atoms with E-state index in [0.29, 0.717) is 32.2 Å². The Bertz CT molecular complexity index is 517. The summed E-state index contributed by atoms with van der Waals surface area (Å²) >= 11 is 0. The van der Waals surface area contributed by atoms with Crippen molar-refractivity contribution in [3.05, 3.63) is 35.3 Å². The molecule has 0 spiro atoms. The van der Waals surface area contributed by atoms with E-state index in [1.54, 1.807) is 6.26 Å². The molecule has 1 aromatic rings. The topological polar surface area (TPSA) is 28.4 Å². The summed E-state index contributed by atoms with van der Waals surface area (Å²) in [6, 6.07) is 2.52. The molecule has 1 aromatic heterocycles. The Morgan fingerprint density at radius 3 is 2.76 bits per heavy atom. The highest BCUT2D eigenvalue weighted by Gasteiger charge is 2.34. The molecule has 116 valence electrons. The van der Waals surface area contributed by atoms with Crippen LogP contribution in [-0.4, -0.2) is 30.2 Å². The summed E-state index contributed by atoms with van der Waals surface area (Å²) in [6.07, 6.45) is 1.27. The van der Waals surface area contributed by atoms with E-state index >= 15 is 0 Å². The van der Waals surface area contributed by atoms with Crippen LogP contribution in [0.25, 0.3) is 0 Å². The van der Waals surface area contributed by atoms with Crippen molar-refractivity contribution in [2.75, 3.05) is 13.1 Å². The first-order valence-electron chi connectivity index (χ1n) is 7.29. The van der Waals surface area contributed by atoms with Crippen molar-refractivity contribution < 1.29 is 17.6 Å². The third-order valence-electron chi connectivity index (χ3n) is 4.02. The first kappa shape index (κ1) is 14.7. The van der Waals surface area contributed by atoms with E-state index in [4.69, 9.17) is 4.42 Å². The normalized spacial score (nSPS) is 20.6. The lowest BCUT2D eigenvalue weighted by Gasteiger charge is -2.27. The highest BCUT2D eigenvalue weighted by atomic mass is 19.4. The molecule has 3 nitrogen and oxygen atoms in total. The van der Waals surface area contributed by atoms with Gasteiger partial charge in [0.1, 0.15) is 5.76 Å². The summed E-state index contributed by atoms with van der Waals surface area (Å²) in [5, 5.41) is 3.39. The smallest absolute Gasteiger partial charge is 0.412 e. The van der Waals surface area contributed by atoms with Crippen molar-refractivity contribution in [1.82, 2.24) is 10.2 Å². The lowest BCUT2D eigenvalue weighted by molar-refractivity contribution is -0.0960. The summed E-state index contributed by atoms with van der Waals surface area (Å²) in [6.45, 7) is 2.12. The maximum atomic E-state index is 12.6. The highest BCUT2D eigenvalue weighted by molar-refractivity contribution is 5.19. The van der Waals surface area contributed by atoms with E-state index in [2.05, 4.69) is 5.32 Å². The van der Waals surface area contributed by atoms with Gasteiger partial charge in [-0.15, -0.1) is 0 Å². The van der Waals surface area contributed by atoms with Crippen LogP contribution in [0.1, 0.15) is 30.6 Å². The van der Waals surface area contributed by atoms with Gasteiger partial charge in [0.05, 0.1) is 12.8 Å². The third kappa shape index (κ3) is 3.89. The summed E-state index contributed by atoms with van der Waals surface area (Å²) in [5.74, 6) is 0.896. The third-order valence-corrected chi connectivity index (χ3v) is 4.02. The molecule has 0 amide bonds. The van der Waals surface area contributed by atoms with Crippen LogP contribution >= 0.6 is 0 Å². The van der Waals surface area contributed by atoms with Crippen LogP contribution < -0.4 is 5.32 Å².